The summed E-state index contributed by atoms with van der Waals surface area (Å²) in [6, 6.07) is 12.1. The highest BCUT2D eigenvalue weighted by molar-refractivity contribution is 6.31. The lowest BCUT2D eigenvalue weighted by Gasteiger charge is -2.18. The summed E-state index contributed by atoms with van der Waals surface area (Å²) in [4.78, 5) is 26.5. The number of anilines is 2. The lowest BCUT2D eigenvalue weighted by molar-refractivity contribution is -0.118. The molecule has 0 aromatic heterocycles. The van der Waals surface area contributed by atoms with Gasteiger partial charge in [0.1, 0.15) is 6.04 Å². The lowest BCUT2D eigenvalue weighted by atomic mass is 10.2. The van der Waals surface area contributed by atoms with E-state index in [0.717, 1.165) is 16.8 Å². The maximum Gasteiger partial charge on any atom is 0.319 e. The van der Waals surface area contributed by atoms with E-state index in [1.165, 1.54) is 0 Å². The van der Waals surface area contributed by atoms with Crippen LogP contribution in [0.1, 0.15) is 17.5 Å². The SMILES string of the molecule is Cc1ccc(N2CC[C@@H](NC(=O)Nc3cc(Cl)ccc3C)C2=O)cc1. The molecule has 0 radical (unpaired) electrons. The standard InChI is InChI=1S/C19H20ClN3O2/c1-12-3-7-15(8-4-12)23-10-9-16(18(23)24)21-19(25)22-17-11-14(20)6-5-13(17)2/h3-8,11,16H,9-10H2,1-2H3,(H2,21,22,25)/t16-/m1/s1. The van der Waals surface area contributed by atoms with Crippen LogP contribution in [-0.2, 0) is 4.79 Å². The van der Waals surface area contributed by atoms with Crippen molar-refractivity contribution in [2.24, 2.45) is 0 Å². The number of nitrogens with zero attached hydrogens (tertiary/aromatic N) is 1. The van der Waals surface area contributed by atoms with Gasteiger partial charge in [-0.2, -0.15) is 0 Å². The number of aryl methyl sites for hydroxylation is 2. The van der Waals surface area contributed by atoms with Crippen molar-refractivity contribution >= 4 is 34.9 Å². The summed E-state index contributed by atoms with van der Waals surface area (Å²) in [5, 5.41) is 6.05. The van der Waals surface area contributed by atoms with Gasteiger partial charge in [0, 0.05) is 22.9 Å². The number of amides is 3. The fraction of sp³-hybridized carbons (Fsp3) is 0.263. The van der Waals surface area contributed by atoms with E-state index in [0.29, 0.717) is 23.7 Å². The Hall–Kier alpha value is -2.53. The summed E-state index contributed by atoms with van der Waals surface area (Å²) in [7, 11) is 0. The summed E-state index contributed by atoms with van der Waals surface area (Å²) in [5.74, 6) is -0.0955. The number of hydrogen-bond acceptors (Lipinski definition) is 2. The number of rotatable bonds is 3. The van der Waals surface area contributed by atoms with Gasteiger partial charge in [0.2, 0.25) is 5.91 Å². The highest BCUT2D eigenvalue weighted by Crippen LogP contribution is 2.23. The molecule has 1 fully saturated rings. The van der Waals surface area contributed by atoms with Crippen molar-refractivity contribution in [2.45, 2.75) is 26.3 Å². The third-order valence-corrected chi connectivity index (χ3v) is 4.54. The summed E-state index contributed by atoms with van der Waals surface area (Å²) in [6.07, 6.45) is 0.578. The number of carbonyl (C=O) groups excluding carboxylic acids is 2. The highest BCUT2D eigenvalue weighted by atomic mass is 35.5. The molecule has 1 heterocycles. The Bertz CT molecular complexity index is 805. The quantitative estimate of drug-likeness (QED) is 0.875. The summed E-state index contributed by atoms with van der Waals surface area (Å²) in [5.41, 5.74) is 3.52. The normalized spacial score (nSPS) is 16.8. The molecule has 0 saturated carbocycles. The fourth-order valence-electron chi connectivity index (χ4n) is 2.84. The van der Waals surface area contributed by atoms with E-state index >= 15 is 0 Å². The Morgan fingerprint density at radius 2 is 1.88 bits per heavy atom. The number of nitrogens with one attached hydrogen (secondary N) is 2. The van der Waals surface area contributed by atoms with E-state index in [1.807, 2.05) is 44.2 Å². The van der Waals surface area contributed by atoms with E-state index in [9.17, 15) is 9.59 Å². The highest BCUT2D eigenvalue weighted by Gasteiger charge is 2.33. The maximum atomic E-state index is 12.6. The van der Waals surface area contributed by atoms with Crippen LogP contribution < -0.4 is 15.5 Å². The fourth-order valence-corrected chi connectivity index (χ4v) is 3.01. The van der Waals surface area contributed by atoms with Crippen molar-refractivity contribution in [1.29, 1.82) is 0 Å². The molecule has 0 spiro atoms. The Morgan fingerprint density at radius 1 is 1.16 bits per heavy atom. The zero-order valence-electron chi connectivity index (χ0n) is 14.2. The molecule has 1 atom stereocenters. The van der Waals surface area contributed by atoms with Crippen molar-refractivity contribution in [3.05, 3.63) is 58.6 Å². The van der Waals surface area contributed by atoms with E-state index < -0.39 is 12.1 Å². The molecule has 0 unspecified atom stereocenters. The van der Waals surface area contributed by atoms with Crippen LogP contribution in [0.5, 0.6) is 0 Å². The Kier molecular flexibility index (Phi) is 4.95. The molecule has 25 heavy (non-hydrogen) atoms. The first-order valence-electron chi connectivity index (χ1n) is 8.16. The number of carbonyl (C=O) groups is 2. The van der Waals surface area contributed by atoms with Gasteiger partial charge in [-0.05, 0) is 50.1 Å². The van der Waals surface area contributed by atoms with Crippen molar-refractivity contribution in [2.75, 3.05) is 16.8 Å². The van der Waals surface area contributed by atoms with Gasteiger partial charge in [-0.3, -0.25) is 4.79 Å². The van der Waals surface area contributed by atoms with Crippen LogP contribution in [0.15, 0.2) is 42.5 Å². The zero-order valence-corrected chi connectivity index (χ0v) is 14.9. The third-order valence-electron chi connectivity index (χ3n) is 4.30. The molecule has 1 saturated heterocycles. The molecule has 3 rings (SSSR count). The zero-order chi connectivity index (χ0) is 18.0. The molecule has 2 aromatic carbocycles. The topological polar surface area (TPSA) is 61.4 Å². The molecule has 130 valence electrons. The predicted octanol–water partition coefficient (Wildman–Crippen LogP) is 3.88. The molecular weight excluding hydrogens is 338 g/mol. The van der Waals surface area contributed by atoms with E-state index in [2.05, 4.69) is 10.6 Å². The minimum Gasteiger partial charge on any atom is -0.326 e. The third kappa shape index (κ3) is 3.94. The predicted molar refractivity (Wildman–Crippen MR) is 100 cm³/mol. The van der Waals surface area contributed by atoms with Crippen LogP contribution in [-0.4, -0.2) is 24.5 Å². The molecule has 6 heteroatoms. The van der Waals surface area contributed by atoms with Gasteiger partial charge in [-0.15, -0.1) is 0 Å². The lowest BCUT2D eigenvalue weighted by Crippen LogP contribution is -2.43. The monoisotopic (exact) mass is 357 g/mol. The number of hydrogen-bond donors (Lipinski definition) is 2. The van der Waals surface area contributed by atoms with E-state index in [4.69, 9.17) is 11.6 Å². The minimum atomic E-state index is -0.527. The van der Waals surface area contributed by atoms with Gasteiger partial charge in [-0.25, -0.2) is 4.79 Å². The van der Waals surface area contributed by atoms with Gasteiger partial charge in [-0.1, -0.05) is 35.4 Å². The summed E-state index contributed by atoms with van der Waals surface area (Å²) in [6.45, 7) is 4.47. The van der Waals surface area contributed by atoms with Crippen LogP contribution in [0.4, 0.5) is 16.2 Å². The van der Waals surface area contributed by atoms with Crippen LogP contribution >= 0.6 is 11.6 Å². The number of halogens is 1. The Balaban J connectivity index is 1.63. The maximum absolute atomic E-state index is 12.6. The van der Waals surface area contributed by atoms with Gasteiger partial charge >= 0.3 is 6.03 Å². The molecule has 1 aliphatic heterocycles. The largest absolute Gasteiger partial charge is 0.326 e. The number of benzene rings is 2. The van der Waals surface area contributed by atoms with Gasteiger partial charge in [0.15, 0.2) is 0 Å². The molecule has 1 aliphatic rings. The molecule has 5 nitrogen and oxygen atoms in total. The van der Waals surface area contributed by atoms with Crippen LogP contribution in [0.25, 0.3) is 0 Å². The first-order valence-corrected chi connectivity index (χ1v) is 8.53. The second-order valence-electron chi connectivity index (χ2n) is 6.22. The smallest absolute Gasteiger partial charge is 0.319 e. The summed E-state index contributed by atoms with van der Waals surface area (Å²) >= 11 is 5.96. The minimum absolute atomic E-state index is 0.0955. The second-order valence-corrected chi connectivity index (χ2v) is 6.66. The first kappa shape index (κ1) is 17.3. The summed E-state index contributed by atoms with van der Waals surface area (Å²) < 4.78 is 0. The molecule has 3 amide bonds. The second kappa shape index (κ2) is 7.15. The van der Waals surface area contributed by atoms with Crippen LogP contribution in [0.2, 0.25) is 5.02 Å². The van der Waals surface area contributed by atoms with Crippen molar-refractivity contribution in [1.82, 2.24) is 5.32 Å². The average Bonchev–Trinajstić information content (AvgIpc) is 2.92. The molecular formula is C19H20ClN3O2. The molecule has 2 aromatic rings. The average molecular weight is 358 g/mol. The molecule has 0 aliphatic carbocycles. The Morgan fingerprint density at radius 3 is 2.60 bits per heavy atom. The first-order chi connectivity index (χ1) is 11.9. The molecule has 0 bridgehead atoms. The Labute approximate surface area is 152 Å². The van der Waals surface area contributed by atoms with E-state index in [1.54, 1.807) is 17.0 Å². The van der Waals surface area contributed by atoms with Gasteiger partial charge in [0.05, 0.1) is 0 Å². The number of urea groups is 1. The van der Waals surface area contributed by atoms with Crippen molar-refractivity contribution < 1.29 is 9.59 Å². The van der Waals surface area contributed by atoms with Crippen molar-refractivity contribution in [3.8, 4) is 0 Å². The molecule has 2 N–H and O–H groups in total. The van der Waals surface area contributed by atoms with Gasteiger partial charge in [0.25, 0.3) is 0 Å². The van der Waals surface area contributed by atoms with Gasteiger partial charge < -0.3 is 15.5 Å². The van der Waals surface area contributed by atoms with Crippen LogP contribution in [0.3, 0.4) is 0 Å². The van der Waals surface area contributed by atoms with Crippen molar-refractivity contribution in [3.63, 3.8) is 0 Å². The van der Waals surface area contributed by atoms with Crippen LogP contribution in [0, 0.1) is 13.8 Å². The van der Waals surface area contributed by atoms with E-state index in [-0.39, 0.29) is 5.91 Å².